The second kappa shape index (κ2) is 6.15. The molecule has 27 heavy (non-hydrogen) atoms. The van der Waals surface area contributed by atoms with Crippen LogP contribution in [0.15, 0.2) is 64.1 Å². The first-order valence-electron chi connectivity index (χ1n) is 9.71. The Hall–Kier alpha value is -2.75. The van der Waals surface area contributed by atoms with E-state index in [0.29, 0.717) is 53.7 Å². The lowest BCUT2D eigenvalue weighted by atomic mass is 9.70. The maximum Gasteiger partial charge on any atom is 0.225 e. The van der Waals surface area contributed by atoms with Crippen molar-refractivity contribution in [2.24, 2.45) is 0 Å². The standard InChI is InChI=1S/C23H20O4/c24-16-11-6-12-17-19(16)18(13-7-2-1-3-8-13)20-21(25)14-9-4-5-10-15(14)22(26)23(20)27-17/h1-3,7-8,18H,4-6,9-12H2. The lowest BCUT2D eigenvalue weighted by Crippen LogP contribution is -2.35. The van der Waals surface area contributed by atoms with E-state index < -0.39 is 5.92 Å². The first-order chi connectivity index (χ1) is 13.2. The summed E-state index contributed by atoms with van der Waals surface area (Å²) in [6.07, 6.45) is 4.94. The van der Waals surface area contributed by atoms with Gasteiger partial charge in [-0.25, -0.2) is 0 Å². The Kier molecular flexibility index (Phi) is 3.74. The Morgan fingerprint density at radius 3 is 2.19 bits per heavy atom. The highest BCUT2D eigenvalue weighted by Gasteiger charge is 2.46. The lowest BCUT2D eigenvalue weighted by molar-refractivity contribution is -0.120. The van der Waals surface area contributed by atoms with E-state index >= 15 is 0 Å². The van der Waals surface area contributed by atoms with Gasteiger partial charge < -0.3 is 4.74 Å². The topological polar surface area (TPSA) is 60.4 Å². The molecule has 1 aromatic rings. The van der Waals surface area contributed by atoms with Crippen molar-refractivity contribution in [3.8, 4) is 0 Å². The number of rotatable bonds is 1. The summed E-state index contributed by atoms with van der Waals surface area (Å²) in [6, 6.07) is 9.56. The molecule has 1 atom stereocenters. The van der Waals surface area contributed by atoms with Crippen molar-refractivity contribution in [1.29, 1.82) is 0 Å². The molecule has 0 radical (unpaired) electrons. The molecule has 1 aromatic carbocycles. The average Bonchev–Trinajstić information content (AvgIpc) is 2.71. The summed E-state index contributed by atoms with van der Waals surface area (Å²) in [4.78, 5) is 39.4. The Morgan fingerprint density at radius 2 is 1.44 bits per heavy atom. The molecule has 0 saturated heterocycles. The fourth-order valence-electron chi connectivity index (χ4n) is 4.80. The van der Waals surface area contributed by atoms with E-state index in [-0.39, 0.29) is 23.1 Å². The van der Waals surface area contributed by atoms with Crippen LogP contribution < -0.4 is 0 Å². The average molecular weight is 360 g/mol. The molecule has 1 unspecified atom stereocenters. The number of ether oxygens (including phenoxy) is 1. The molecule has 4 aliphatic rings. The Labute approximate surface area is 157 Å². The monoisotopic (exact) mass is 360 g/mol. The van der Waals surface area contributed by atoms with Gasteiger partial charge in [-0.15, -0.1) is 0 Å². The van der Waals surface area contributed by atoms with Gasteiger partial charge in [-0.05, 0) is 37.7 Å². The van der Waals surface area contributed by atoms with Crippen LogP contribution in [0, 0.1) is 0 Å². The second-order valence-electron chi connectivity index (χ2n) is 7.62. The normalized spacial score (nSPS) is 25.2. The number of carbonyl (C=O) groups excluding carboxylic acids is 3. The number of hydrogen-bond donors (Lipinski definition) is 0. The van der Waals surface area contributed by atoms with E-state index in [2.05, 4.69) is 0 Å². The van der Waals surface area contributed by atoms with Crippen molar-refractivity contribution in [3.05, 3.63) is 69.7 Å². The maximum atomic E-state index is 13.4. The van der Waals surface area contributed by atoms with Crippen molar-refractivity contribution < 1.29 is 19.1 Å². The molecule has 0 amide bonds. The molecule has 0 bridgehead atoms. The first-order valence-corrected chi connectivity index (χ1v) is 9.71. The summed E-state index contributed by atoms with van der Waals surface area (Å²) in [5.74, 6) is 0.0381. The molecule has 0 fully saturated rings. The Morgan fingerprint density at radius 1 is 0.741 bits per heavy atom. The van der Waals surface area contributed by atoms with E-state index in [0.717, 1.165) is 24.8 Å². The number of ketones is 3. The fraction of sp³-hybridized carbons (Fsp3) is 0.348. The molecule has 5 rings (SSSR count). The van der Waals surface area contributed by atoms with E-state index in [1.807, 2.05) is 30.3 Å². The minimum atomic E-state index is -0.495. The van der Waals surface area contributed by atoms with Crippen LogP contribution in [-0.4, -0.2) is 17.3 Å². The molecule has 0 saturated carbocycles. The highest BCUT2D eigenvalue weighted by atomic mass is 16.5. The van der Waals surface area contributed by atoms with Crippen LogP contribution in [0.4, 0.5) is 0 Å². The summed E-state index contributed by atoms with van der Waals surface area (Å²) in [5.41, 5.74) is 3.09. The summed E-state index contributed by atoms with van der Waals surface area (Å²) in [6.45, 7) is 0. The van der Waals surface area contributed by atoms with Crippen LogP contribution in [0.2, 0.25) is 0 Å². The lowest BCUT2D eigenvalue weighted by Gasteiger charge is -2.37. The number of benzene rings is 1. The third-order valence-corrected chi connectivity index (χ3v) is 6.06. The second-order valence-corrected chi connectivity index (χ2v) is 7.62. The van der Waals surface area contributed by atoms with Crippen LogP contribution in [0.3, 0.4) is 0 Å². The molecule has 0 aromatic heterocycles. The van der Waals surface area contributed by atoms with E-state index in [4.69, 9.17) is 4.74 Å². The fourth-order valence-corrected chi connectivity index (χ4v) is 4.80. The zero-order valence-corrected chi connectivity index (χ0v) is 15.0. The quantitative estimate of drug-likeness (QED) is 0.708. The Balaban J connectivity index is 1.72. The number of allylic oxidation sites excluding steroid dienone is 5. The molecule has 3 aliphatic carbocycles. The van der Waals surface area contributed by atoms with Crippen molar-refractivity contribution >= 4 is 17.3 Å². The van der Waals surface area contributed by atoms with E-state index in [1.54, 1.807) is 0 Å². The highest BCUT2D eigenvalue weighted by molar-refractivity contribution is 6.26. The van der Waals surface area contributed by atoms with Gasteiger partial charge >= 0.3 is 0 Å². The molecular weight excluding hydrogens is 340 g/mol. The van der Waals surface area contributed by atoms with Gasteiger partial charge in [0.25, 0.3) is 0 Å². The summed E-state index contributed by atoms with van der Waals surface area (Å²) in [5, 5.41) is 0. The van der Waals surface area contributed by atoms with Gasteiger partial charge in [-0.2, -0.15) is 0 Å². The molecule has 0 spiro atoms. The van der Waals surface area contributed by atoms with Gasteiger partial charge in [0.2, 0.25) is 5.78 Å². The summed E-state index contributed by atoms with van der Waals surface area (Å²) >= 11 is 0. The zero-order valence-electron chi connectivity index (χ0n) is 15.0. The van der Waals surface area contributed by atoms with E-state index in [1.165, 1.54) is 0 Å². The zero-order chi connectivity index (χ0) is 18.5. The number of Topliss-reactive ketones (excluding diaryl/α,β-unsaturated/α-hetero) is 3. The summed E-state index contributed by atoms with van der Waals surface area (Å²) in [7, 11) is 0. The molecule has 4 nitrogen and oxygen atoms in total. The van der Waals surface area contributed by atoms with Gasteiger partial charge in [-0.1, -0.05) is 30.3 Å². The number of carbonyl (C=O) groups is 3. The molecule has 0 N–H and O–H groups in total. The van der Waals surface area contributed by atoms with Crippen molar-refractivity contribution in [3.63, 3.8) is 0 Å². The van der Waals surface area contributed by atoms with Crippen molar-refractivity contribution in [1.82, 2.24) is 0 Å². The van der Waals surface area contributed by atoms with E-state index in [9.17, 15) is 14.4 Å². The van der Waals surface area contributed by atoms with Gasteiger partial charge in [0.1, 0.15) is 5.76 Å². The smallest absolute Gasteiger partial charge is 0.225 e. The van der Waals surface area contributed by atoms with Crippen LogP contribution in [0.1, 0.15) is 56.4 Å². The third-order valence-electron chi connectivity index (χ3n) is 6.06. The predicted molar refractivity (Wildman–Crippen MR) is 98.7 cm³/mol. The molecule has 1 heterocycles. The van der Waals surface area contributed by atoms with Crippen LogP contribution in [0.25, 0.3) is 0 Å². The van der Waals surface area contributed by atoms with Crippen molar-refractivity contribution in [2.75, 3.05) is 0 Å². The molecular formula is C23H20O4. The maximum absolute atomic E-state index is 13.4. The van der Waals surface area contributed by atoms with Gasteiger partial charge in [0.15, 0.2) is 17.3 Å². The molecule has 1 aliphatic heterocycles. The molecule has 4 heteroatoms. The predicted octanol–water partition coefficient (Wildman–Crippen LogP) is 4.08. The van der Waals surface area contributed by atoms with Crippen LogP contribution in [0.5, 0.6) is 0 Å². The summed E-state index contributed by atoms with van der Waals surface area (Å²) < 4.78 is 5.98. The van der Waals surface area contributed by atoms with Crippen LogP contribution >= 0.6 is 0 Å². The minimum Gasteiger partial charge on any atom is -0.457 e. The Bertz CT molecular complexity index is 975. The first kappa shape index (κ1) is 16.4. The van der Waals surface area contributed by atoms with Gasteiger partial charge in [-0.3, -0.25) is 14.4 Å². The molecule has 136 valence electrons. The minimum absolute atomic E-state index is 0.0281. The van der Waals surface area contributed by atoms with Gasteiger partial charge in [0.05, 0.1) is 5.57 Å². The largest absolute Gasteiger partial charge is 0.457 e. The van der Waals surface area contributed by atoms with Crippen molar-refractivity contribution in [2.45, 2.75) is 50.9 Å². The third kappa shape index (κ3) is 2.39. The highest BCUT2D eigenvalue weighted by Crippen LogP contribution is 2.49. The van der Waals surface area contributed by atoms with Gasteiger partial charge in [0, 0.05) is 35.5 Å². The van der Waals surface area contributed by atoms with Crippen LogP contribution in [-0.2, 0) is 19.1 Å². The number of hydrogen-bond acceptors (Lipinski definition) is 4. The SMILES string of the molecule is O=C1CCCC2=C1C(c1ccccc1)C1=C(O2)C(=O)C2=C(CCCC2)C1=O.